The molecule has 0 saturated carbocycles. The van der Waals surface area contributed by atoms with E-state index in [2.05, 4.69) is 294 Å². The number of hydrogen-bond acceptors (Lipinski definition) is 10. The first-order valence-electron chi connectivity index (χ1n) is 39.3. The summed E-state index contributed by atoms with van der Waals surface area (Å²) in [4.78, 5) is 21.4. The molecule has 14 aromatic rings. The Morgan fingerprint density at radius 1 is 0.232 bits per heavy atom. The van der Waals surface area contributed by atoms with Crippen LogP contribution in [0.2, 0.25) is 0 Å². The van der Waals surface area contributed by atoms with Crippen LogP contribution in [0.15, 0.2) is 203 Å². The molecule has 14 rings (SSSR count). The van der Waals surface area contributed by atoms with E-state index in [1.807, 2.05) is 54.6 Å². The predicted octanol–water partition coefficient (Wildman–Crippen LogP) is 27.9. The number of aromatic hydroxyl groups is 2. The molecule has 0 saturated heterocycles. The highest BCUT2D eigenvalue weighted by atomic mass is 16.5. The lowest BCUT2D eigenvalue weighted by Crippen LogP contribution is -2.16. The molecule has 10 nitrogen and oxygen atoms in total. The van der Waals surface area contributed by atoms with Gasteiger partial charge in [-0.05, 0) is 219 Å². The van der Waals surface area contributed by atoms with Crippen LogP contribution in [0.5, 0.6) is 23.0 Å². The number of aromatic nitrogens is 4. The molecule has 0 amide bonds. The number of rotatable bonds is 10. The molecule has 0 atom stereocenters. The Morgan fingerprint density at radius 2 is 0.527 bits per heavy atom. The largest absolute Gasteiger partial charge is 0.507 e. The number of benzene rings is 8. The summed E-state index contributed by atoms with van der Waals surface area (Å²) in [5, 5.41) is 26.8. The summed E-state index contributed by atoms with van der Waals surface area (Å²) < 4.78 is 24.8. The SMILES string of the molecule is CC(C)(C)c1cc(-c2cc(-c3cc(C(C)(C)C)cc(-c4cc(C(C)(C)C)ccc4O)n3)nc(-c3cc4oc5ccccc5c4cc3O)c2)cc(C(C)(C)C)c1.COc1ccc(C(C)(C)C)cc1-c1cc(C(C)(C)C)cc(-c2cc(-c3cc(C(C)(C)C)cc(C(C)(C)C)c3)cc(-c3cc4oc5ccccc5c4cc3OC)n2)n1. The van der Waals surface area contributed by atoms with Crippen LogP contribution in [0.3, 0.4) is 0 Å². The first kappa shape index (κ1) is 79.3. The van der Waals surface area contributed by atoms with Crippen LogP contribution < -0.4 is 9.47 Å². The summed E-state index contributed by atoms with van der Waals surface area (Å²) in [6, 6.07) is 67.2. The lowest BCUT2D eigenvalue weighted by Gasteiger charge is -2.26. The van der Waals surface area contributed by atoms with Crippen molar-refractivity contribution in [2.45, 2.75) is 209 Å². The number of furan rings is 2. The first-order valence-corrected chi connectivity index (χ1v) is 39.3. The highest BCUT2D eigenvalue weighted by molar-refractivity contribution is 6.08. The number of phenolic OH excluding ortho intramolecular Hbond substituents is 2. The normalized spacial score (nSPS) is 12.8. The van der Waals surface area contributed by atoms with Crippen molar-refractivity contribution in [2.24, 2.45) is 0 Å². The van der Waals surface area contributed by atoms with Gasteiger partial charge in [-0.3, -0.25) is 0 Å². The lowest BCUT2D eigenvalue weighted by molar-refractivity contribution is 0.415. The average Bonchev–Trinajstić information content (AvgIpc) is 1.01. The third-order valence-electron chi connectivity index (χ3n) is 21.8. The van der Waals surface area contributed by atoms with Gasteiger partial charge in [0, 0.05) is 43.8 Å². The summed E-state index contributed by atoms with van der Waals surface area (Å²) in [6.07, 6.45) is 0. The van der Waals surface area contributed by atoms with Crippen LogP contribution in [0, 0.1) is 0 Å². The van der Waals surface area contributed by atoms with Crippen LogP contribution in [-0.4, -0.2) is 44.4 Å². The highest BCUT2D eigenvalue weighted by Gasteiger charge is 2.30. The molecule has 576 valence electrons. The zero-order valence-electron chi connectivity index (χ0n) is 70.8. The van der Waals surface area contributed by atoms with Crippen LogP contribution in [-0.2, 0) is 43.3 Å². The zero-order chi connectivity index (χ0) is 81.1. The smallest absolute Gasteiger partial charge is 0.136 e. The van der Waals surface area contributed by atoms with E-state index in [1.54, 1.807) is 26.4 Å². The lowest BCUT2D eigenvalue weighted by atomic mass is 9.79. The fourth-order valence-corrected chi connectivity index (χ4v) is 14.4. The molecule has 0 aliphatic heterocycles. The molecule has 8 aromatic carbocycles. The minimum absolute atomic E-state index is 0.0518. The Labute approximate surface area is 663 Å². The monoisotopic (exact) mass is 1490 g/mol. The summed E-state index contributed by atoms with van der Waals surface area (Å²) in [7, 11) is 3.45. The average molecular weight is 1490 g/mol. The predicted molar refractivity (Wildman–Crippen MR) is 468 cm³/mol. The Hall–Kier alpha value is -10.8. The number of ether oxygens (including phenoxy) is 2. The molecule has 0 unspecified atom stereocenters. The van der Waals surface area contributed by atoms with Gasteiger partial charge in [0.2, 0.25) is 0 Å². The van der Waals surface area contributed by atoms with Crippen LogP contribution in [0.25, 0.3) is 134 Å². The number of methoxy groups -OCH3 is 2. The number of nitrogens with zero attached hydrogens (tertiary/aromatic N) is 4. The van der Waals surface area contributed by atoms with E-state index >= 15 is 0 Å². The summed E-state index contributed by atoms with van der Waals surface area (Å²) in [5.41, 5.74) is 24.9. The highest BCUT2D eigenvalue weighted by Crippen LogP contribution is 2.47. The Kier molecular flexibility index (Phi) is 20.3. The van der Waals surface area contributed by atoms with Crippen molar-refractivity contribution >= 4 is 43.9 Å². The molecular formula is C102H112N4O6. The molecule has 0 spiro atoms. The first-order chi connectivity index (χ1) is 52.2. The van der Waals surface area contributed by atoms with Crippen molar-refractivity contribution in [1.82, 2.24) is 19.9 Å². The van der Waals surface area contributed by atoms with Crippen molar-refractivity contribution in [1.29, 1.82) is 0 Å². The van der Waals surface area contributed by atoms with Crippen LogP contribution >= 0.6 is 0 Å². The number of fused-ring (bicyclic) bond motifs is 6. The molecule has 2 N–H and O–H groups in total. The minimum atomic E-state index is -0.225. The second-order valence-corrected chi connectivity index (χ2v) is 38.9. The number of pyridine rings is 4. The molecule has 0 radical (unpaired) electrons. The standard InChI is InChI=1S/C52H58N2O3.C50H54N2O3/c1-49(2,3)33-19-20-45(55-13)39(26-33)42-27-36(52(10,11)12)28-44(54-42)43-24-32(31-21-34(50(4,5)6)25-35(22-31)51(7,8)9)23-41(53-43)40-30-48-38(29-47(40)56-14)37-17-15-16-18-46(37)57-48;1-47(2,3)31-17-18-43(53)37(24-31)40-25-34(50(10,11)12)26-42(52-40)41-22-30(29-19-32(48(4,5)6)23-33(20-29)49(7,8)9)21-39(51-41)38-28-46-36(27-44(38)54)35-15-13-14-16-45(35)55-46/h15-30H,1-14H3;13-28,53-54H,1-12H3. The number of phenols is 2. The fourth-order valence-electron chi connectivity index (χ4n) is 14.4. The second kappa shape index (κ2) is 28.7. The molecule has 10 heteroatoms. The van der Waals surface area contributed by atoms with Gasteiger partial charge in [0.15, 0.2) is 0 Å². The van der Waals surface area contributed by atoms with E-state index in [-0.39, 0.29) is 54.8 Å². The van der Waals surface area contributed by atoms with Crippen LogP contribution in [0.1, 0.15) is 211 Å². The Bertz CT molecular complexity index is 5900. The summed E-state index contributed by atoms with van der Waals surface area (Å²) in [6.45, 7) is 53.6. The second-order valence-electron chi connectivity index (χ2n) is 38.9. The topological polar surface area (TPSA) is 137 Å². The van der Waals surface area contributed by atoms with Gasteiger partial charge < -0.3 is 28.5 Å². The maximum atomic E-state index is 11.7. The van der Waals surface area contributed by atoms with Gasteiger partial charge in [-0.2, -0.15) is 0 Å². The molecule has 6 aromatic heterocycles. The third kappa shape index (κ3) is 16.4. The van der Waals surface area contributed by atoms with Crippen molar-refractivity contribution in [3.63, 3.8) is 0 Å². The summed E-state index contributed by atoms with van der Waals surface area (Å²) in [5.74, 6) is 1.81. The van der Waals surface area contributed by atoms with E-state index in [1.165, 1.54) is 27.8 Å². The quantitative estimate of drug-likeness (QED) is 0.136. The van der Waals surface area contributed by atoms with Crippen molar-refractivity contribution in [2.75, 3.05) is 14.2 Å². The van der Waals surface area contributed by atoms with Gasteiger partial charge >= 0.3 is 0 Å². The third-order valence-corrected chi connectivity index (χ3v) is 21.8. The zero-order valence-corrected chi connectivity index (χ0v) is 70.8. The molecular weight excluding hydrogens is 1380 g/mol. The van der Waals surface area contributed by atoms with Crippen molar-refractivity contribution in [3.8, 4) is 113 Å². The number of para-hydroxylation sites is 2. The molecule has 0 aliphatic carbocycles. The van der Waals surface area contributed by atoms with Gasteiger partial charge in [-0.1, -0.05) is 251 Å². The maximum Gasteiger partial charge on any atom is 0.136 e. The van der Waals surface area contributed by atoms with E-state index in [4.69, 9.17) is 38.2 Å². The van der Waals surface area contributed by atoms with Gasteiger partial charge in [-0.25, -0.2) is 19.9 Å². The van der Waals surface area contributed by atoms with Gasteiger partial charge in [-0.15, -0.1) is 0 Å². The molecule has 0 bridgehead atoms. The van der Waals surface area contributed by atoms with E-state index in [9.17, 15) is 10.2 Å². The fraction of sp³-hybridized carbons (Fsp3) is 0.333. The molecule has 112 heavy (non-hydrogen) atoms. The molecule has 0 fully saturated rings. The molecule has 0 aliphatic rings. The molecule has 6 heterocycles. The van der Waals surface area contributed by atoms with Crippen LogP contribution in [0.4, 0.5) is 0 Å². The number of hydrogen-bond donors (Lipinski definition) is 2. The van der Waals surface area contributed by atoms with E-state index in [0.29, 0.717) is 39.5 Å². The summed E-state index contributed by atoms with van der Waals surface area (Å²) >= 11 is 0. The van der Waals surface area contributed by atoms with E-state index in [0.717, 1.165) is 123 Å². The van der Waals surface area contributed by atoms with Gasteiger partial charge in [0.25, 0.3) is 0 Å². The Balaban J connectivity index is 0.000000196. The Morgan fingerprint density at radius 3 is 0.938 bits per heavy atom. The van der Waals surface area contributed by atoms with Crippen molar-refractivity contribution < 1.29 is 28.5 Å². The van der Waals surface area contributed by atoms with E-state index < -0.39 is 0 Å². The van der Waals surface area contributed by atoms with Crippen molar-refractivity contribution in [3.05, 3.63) is 239 Å². The van der Waals surface area contributed by atoms with Gasteiger partial charge in [0.05, 0.1) is 59.8 Å². The maximum absolute atomic E-state index is 11.7. The van der Waals surface area contributed by atoms with Gasteiger partial charge in [0.1, 0.15) is 45.3 Å². The minimum Gasteiger partial charge on any atom is -0.507 e.